The Bertz CT molecular complexity index is 411. The lowest BCUT2D eigenvalue weighted by atomic mass is 10.2. The van der Waals surface area contributed by atoms with Crippen molar-refractivity contribution in [2.24, 2.45) is 5.73 Å². The molecule has 2 N–H and O–H groups in total. The molecule has 20 heavy (non-hydrogen) atoms. The number of ether oxygens (including phenoxy) is 2. The summed E-state index contributed by atoms with van der Waals surface area (Å²) in [5.74, 6) is 0.0476. The van der Waals surface area contributed by atoms with Gasteiger partial charge in [0.1, 0.15) is 6.10 Å². The molecule has 112 valence electrons. The van der Waals surface area contributed by atoms with Crippen LogP contribution in [0.5, 0.6) is 0 Å². The van der Waals surface area contributed by atoms with E-state index in [0.717, 1.165) is 12.8 Å². The van der Waals surface area contributed by atoms with Crippen molar-refractivity contribution in [1.29, 1.82) is 0 Å². The van der Waals surface area contributed by atoms with Crippen molar-refractivity contribution in [2.45, 2.75) is 31.6 Å². The van der Waals surface area contributed by atoms with Crippen molar-refractivity contribution in [3.05, 3.63) is 22.4 Å². The molecule has 2 rings (SSSR count). The number of methoxy groups -OCH3 is 1. The van der Waals surface area contributed by atoms with E-state index in [4.69, 9.17) is 15.2 Å². The molecule has 1 aromatic heterocycles. The van der Waals surface area contributed by atoms with Gasteiger partial charge in [0.25, 0.3) is 5.91 Å². The van der Waals surface area contributed by atoms with Crippen LogP contribution in [-0.4, -0.2) is 49.8 Å². The zero-order valence-electron chi connectivity index (χ0n) is 11.8. The van der Waals surface area contributed by atoms with Crippen molar-refractivity contribution < 1.29 is 14.3 Å². The van der Waals surface area contributed by atoms with Crippen LogP contribution >= 0.6 is 11.3 Å². The molecule has 0 radical (unpaired) electrons. The standard InChI is InChI=1S/C14H22N2O3S/c1-18-7-6-16(10-12-3-2-8-20-12)14(17)13-5-4-11(9-15)19-13/h2-3,8,11,13H,4-7,9-10,15H2,1H3. The smallest absolute Gasteiger partial charge is 0.252 e. The molecule has 5 nitrogen and oxygen atoms in total. The van der Waals surface area contributed by atoms with Crippen molar-refractivity contribution in [3.8, 4) is 0 Å². The second kappa shape index (κ2) is 7.73. The normalized spacial score (nSPS) is 22.1. The van der Waals surface area contributed by atoms with E-state index in [1.807, 2.05) is 22.4 Å². The summed E-state index contributed by atoms with van der Waals surface area (Å²) in [6.45, 7) is 2.21. The molecule has 1 amide bonds. The van der Waals surface area contributed by atoms with Crippen molar-refractivity contribution in [1.82, 2.24) is 4.90 Å². The highest BCUT2D eigenvalue weighted by Gasteiger charge is 2.32. The van der Waals surface area contributed by atoms with Crippen LogP contribution in [0, 0.1) is 0 Å². The molecule has 1 aliphatic rings. The van der Waals surface area contributed by atoms with Crippen LogP contribution in [-0.2, 0) is 20.8 Å². The predicted molar refractivity (Wildman–Crippen MR) is 78.6 cm³/mol. The lowest BCUT2D eigenvalue weighted by Crippen LogP contribution is -2.40. The van der Waals surface area contributed by atoms with Crippen LogP contribution < -0.4 is 5.73 Å². The van der Waals surface area contributed by atoms with Crippen LogP contribution in [0.2, 0.25) is 0 Å². The summed E-state index contributed by atoms with van der Waals surface area (Å²) in [7, 11) is 1.64. The largest absolute Gasteiger partial charge is 0.383 e. The molecule has 0 bridgehead atoms. The Hall–Kier alpha value is -0.950. The first-order chi connectivity index (χ1) is 9.74. The van der Waals surface area contributed by atoms with Crippen LogP contribution in [0.4, 0.5) is 0 Å². The molecule has 1 saturated heterocycles. The molecule has 2 atom stereocenters. The van der Waals surface area contributed by atoms with E-state index in [1.54, 1.807) is 18.4 Å². The van der Waals surface area contributed by atoms with Gasteiger partial charge in [0, 0.05) is 25.1 Å². The number of carbonyl (C=O) groups is 1. The summed E-state index contributed by atoms with van der Waals surface area (Å²) in [5, 5.41) is 2.02. The van der Waals surface area contributed by atoms with E-state index < -0.39 is 0 Å². The quantitative estimate of drug-likeness (QED) is 0.822. The Balaban J connectivity index is 1.96. The highest BCUT2D eigenvalue weighted by molar-refractivity contribution is 7.09. The summed E-state index contributed by atoms with van der Waals surface area (Å²) in [4.78, 5) is 15.5. The van der Waals surface area contributed by atoms with Gasteiger partial charge >= 0.3 is 0 Å². The van der Waals surface area contributed by atoms with Crippen LogP contribution in [0.25, 0.3) is 0 Å². The third-order valence-electron chi connectivity index (χ3n) is 3.45. The first-order valence-corrected chi connectivity index (χ1v) is 7.78. The first kappa shape index (κ1) is 15.4. The zero-order chi connectivity index (χ0) is 14.4. The molecule has 2 heterocycles. The molecule has 0 aliphatic carbocycles. The number of rotatable bonds is 7. The Morgan fingerprint density at radius 1 is 1.60 bits per heavy atom. The number of thiophene rings is 1. The second-order valence-electron chi connectivity index (χ2n) is 4.89. The van der Waals surface area contributed by atoms with Gasteiger partial charge in [-0.05, 0) is 24.3 Å². The summed E-state index contributed by atoms with van der Waals surface area (Å²) in [6.07, 6.45) is 1.30. The van der Waals surface area contributed by atoms with Crippen molar-refractivity contribution in [3.63, 3.8) is 0 Å². The molecule has 1 aliphatic heterocycles. The SMILES string of the molecule is COCCN(Cc1cccs1)C(=O)C1CCC(CN)O1. The van der Waals surface area contributed by atoms with Gasteiger partial charge in [0.05, 0.1) is 19.3 Å². The maximum Gasteiger partial charge on any atom is 0.252 e. The molecule has 1 fully saturated rings. The highest BCUT2D eigenvalue weighted by atomic mass is 32.1. The average Bonchev–Trinajstić information content (AvgIpc) is 3.13. The highest BCUT2D eigenvalue weighted by Crippen LogP contribution is 2.22. The van der Waals surface area contributed by atoms with Gasteiger partial charge in [-0.2, -0.15) is 0 Å². The molecule has 1 aromatic rings. The predicted octanol–water partition coefficient (Wildman–Crippen LogP) is 1.23. The van der Waals surface area contributed by atoms with Crippen LogP contribution in [0.15, 0.2) is 17.5 Å². The van der Waals surface area contributed by atoms with E-state index in [0.29, 0.717) is 26.2 Å². The lowest BCUT2D eigenvalue weighted by molar-refractivity contribution is -0.144. The molecule has 2 unspecified atom stereocenters. The summed E-state index contributed by atoms with van der Waals surface area (Å²) >= 11 is 1.65. The number of hydrogen-bond donors (Lipinski definition) is 1. The van der Waals surface area contributed by atoms with Crippen molar-refractivity contribution >= 4 is 17.2 Å². The minimum atomic E-state index is -0.347. The van der Waals surface area contributed by atoms with Gasteiger partial charge in [0.2, 0.25) is 0 Å². The fourth-order valence-electron chi connectivity index (χ4n) is 2.32. The summed E-state index contributed by atoms with van der Waals surface area (Å²) in [5.41, 5.74) is 5.59. The second-order valence-corrected chi connectivity index (χ2v) is 5.92. The topological polar surface area (TPSA) is 64.8 Å². The van der Waals surface area contributed by atoms with E-state index >= 15 is 0 Å². The Labute approximate surface area is 123 Å². The van der Waals surface area contributed by atoms with E-state index in [1.165, 1.54) is 4.88 Å². The minimum absolute atomic E-state index is 0.0231. The molecular formula is C14H22N2O3S. The van der Waals surface area contributed by atoms with E-state index in [-0.39, 0.29) is 18.1 Å². The van der Waals surface area contributed by atoms with Gasteiger partial charge in [-0.1, -0.05) is 6.07 Å². The number of carbonyl (C=O) groups excluding carboxylic acids is 1. The van der Waals surface area contributed by atoms with Gasteiger partial charge in [-0.25, -0.2) is 0 Å². The average molecular weight is 298 g/mol. The van der Waals surface area contributed by atoms with Crippen LogP contribution in [0.3, 0.4) is 0 Å². The van der Waals surface area contributed by atoms with Gasteiger partial charge in [0.15, 0.2) is 0 Å². The maximum atomic E-state index is 12.5. The van der Waals surface area contributed by atoms with Gasteiger partial charge in [-0.3, -0.25) is 4.79 Å². The lowest BCUT2D eigenvalue weighted by Gasteiger charge is -2.25. The number of hydrogen-bond acceptors (Lipinski definition) is 5. The van der Waals surface area contributed by atoms with Gasteiger partial charge in [-0.15, -0.1) is 11.3 Å². The fraction of sp³-hybridized carbons (Fsp3) is 0.643. The molecule has 0 spiro atoms. The summed E-state index contributed by atoms with van der Waals surface area (Å²) in [6, 6.07) is 4.03. The number of amides is 1. The van der Waals surface area contributed by atoms with E-state index in [9.17, 15) is 4.79 Å². The third kappa shape index (κ3) is 4.02. The molecule has 0 aromatic carbocycles. The Morgan fingerprint density at radius 2 is 2.45 bits per heavy atom. The molecular weight excluding hydrogens is 276 g/mol. The molecule has 6 heteroatoms. The monoisotopic (exact) mass is 298 g/mol. The Morgan fingerprint density at radius 3 is 3.05 bits per heavy atom. The molecule has 0 saturated carbocycles. The zero-order valence-corrected chi connectivity index (χ0v) is 12.6. The fourth-order valence-corrected chi connectivity index (χ4v) is 3.04. The van der Waals surface area contributed by atoms with E-state index in [2.05, 4.69) is 0 Å². The first-order valence-electron chi connectivity index (χ1n) is 6.90. The minimum Gasteiger partial charge on any atom is -0.383 e. The Kier molecular flexibility index (Phi) is 5.97. The number of nitrogens with zero attached hydrogens (tertiary/aromatic N) is 1. The summed E-state index contributed by atoms with van der Waals surface area (Å²) < 4.78 is 10.8. The number of nitrogens with two attached hydrogens (primary N) is 1. The van der Waals surface area contributed by atoms with Crippen LogP contribution in [0.1, 0.15) is 17.7 Å². The van der Waals surface area contributed by atoms with Gasteiger partial charge < -0.3 is 20.1 Å². The van der Waals surface area contributed by atoms with Crippen molar-refractivity contribution in [2.75, 3.05) is 26.8 Å². The maximum absolute atomic E-state index is 12.5. The third-order valence-corrected chi connectivity index (χ3v) is 4.31.